The van der Waals surface area contributed by atoms with Crippen molar-refractivity contribution in [1.82, 2.24) is 0 Å². The zero-order chi connectivity index (χ0) is 11.5. The smallest absolute Gasteiger partial charge is 0.0169 e. The van der Waals surface area contributed by atoms with Crippen molar-refractivity contribution >= 4 is 0 Å². The fourth-order valence-corrected chi connectivity index (χ4v) is 4.71. The van der Waals surface area contributed by atoms with E-state index in [4.69, 9.17) is 11.5 Å². The molecule has 0 saturated heterocycles. The maximum Gasteiger partial charge on any atom is 0.0169 e. The Morgan fingerprint density at radius 3 is 2.50 bits per heavy atom. The number of hydrogen-bond acceptors (Lipinski definition) is 2. The molecule has 0 heterocycles. The van der Waals surface area contributed by atoms with Crippen LogP contribution in [0.25, 0.3) is 0 Å². The van der Waals surface area contributed by atoms with Gasteiger partial charge >= 0.3 is 0 Å². The molecule has 0 spiro atoms. The highest BCUT2D eigenvalue weighted by Gasteiger charge is 2.52. The predicted molar refractivity (Wildman–Crippen MR) is 66.8 cm³/mol. The van der Waals surface area contributed by atoms with Gasteiger partial charge in [-0.25, -0.2) is 0 Å². The molecule has 7 atom stereocenters. The first-order valence-electron chi connectivity index (χ1n) is 7.02. The molecule has 4 N–H and O–H groups in total. The minimum Gasteiger partial charge on any atom is -0.327 e. The highest BCUT2D eigenvalue weighted by molar-refractivity contribution is 5.05. The molecule has 2 heteroatoms. The Labute approximate surface area is 99.1 Å². The number of hydrogen-bond donors (Lipinski definition) is 2. The van der Waals surface area contributed by atoms with Gasteiger partial charge in [-0.3, -0.25) is 0 Å². The Morgan fingerprint density at radius 2 is 1.75 bits per heavy atom. The van der Waals surface area contributed by atoms with Gasteiger partial charge in [0.1, 0.15) is 0 Å². The van der Waals surface area contributed by atoms with E-state index in [1.54, 1.807) is 0 Å². The van der Waals surface area contributed by atoms with E-state index in [1.807, 2.05) is 0 Å². The van der Waals surface area contributed by atoms with Gasteiger partial charge < -0.3 is 11.5 Å². The lowest BCUT2D eigenvalue weighted by atomic mass is 9.63. The minimum absolute atomic E-state index is 0.0140. The van der Waals surface area contributed by atoms with Crippen LogP contribution in [0.15, 0.2) is 0 Å². The van der Waals surface area contributed by atoms with E-state index in [9.17, 15) is 0 Å². The lowest BCUT2D eigenvalue weighted by Crippen LogP contribution is -2.49. The molecule has 0 aromatic carbocycles. The molecule has 3 rings (SSSR count). The van der Waals surface area contributed by atoms with Gasteiger partial charge in [0.05, 0.1) is 0 Å². The van der Waals surface area contributed by atoms with E-state index >= 15 is 0 Å². The summed E-state index contributed by atoms with van der Waals surface area (Å²) in [5, 5.41) is 0. The second-order valence-electron chi connectivity index (χ2n) is 7.17. The van der Waals surface area contributed by atoms with E-state index in [-0.39, 0.29) is 5.54 Å². The standard InChI is InChI=1S/C14H26N2/c1-8-3-9-4-10-5-11(6-12(9)10)14(2,16)7-13(8)15/h8-13H,3-7,15-16H2,1-2H3. The second-order valence-corrected chi connectivity index (χ2v) is 7.17. The van der Waals surface area contributed by atoms with E-state index in [0.29, 0.717) is 12.0 Å². The molecular formula is C14H26N2. The summed E-state index contributed by atoms with van der Waals surface area (Å²) in [5.74, 6) is 4.39. The van der Waals surface area contributed by atoms with Gasteiger partial charge in [-0.2, -0.15) is 0 Å². The first-order chi connectivity index (χ1) is 7.47. The summed E-state index contributed by atoms with van der Waals surface area (Å²) in [6.45, 7) is 4.57. The zero-order valence-electron chi connectivity index (χ0n) is 10.7. The predicted octanol–water partition coefficient (Wildman–Crippen LogP) is 2.12. The van der Waals surface area contributed by atoms with Crippen LogP contribution in [0.3, 0.4) is 0 Å². The molecule has 3 aliphatic carbocycles. The average Bonchev–Trinajstić information content (AvgIpc) is 2.51. The number of fused-ring (bicyclic) bond motifs is 1. The van der Waals surface area contributed by atoms with E-state index in [2.05, 4.69) is 13.8 Å². The van der Waals surface area contributed by atoms with Crippen LogP contribution in [-0.4, -0.2) is 11.6 Å². The first kappa shape index (κ1) is 11.0. The molecule has 0 aromatic heterocycles. The Morgan fingerprint density at radius 1 is 1.06 bits per heavy atom. The van der Waals surface area contributed by atoms with Crippen LogP contribution in [0.2, 0.25) is 0 Å². The monoisotopic (exact) mass is 222 g/mol. The summed E-state index contributed by atoms with van der Waals surface area (Å²) in [4.78, 5) is 0. The Bertz CT molecular complexity index is 286. The summed E-state index contributed by atoms with van der Waals surface area (Å²) in [5.41, 5.74) is 12.9. The fourth-order valence-electron chi connectivity index (χ4n) is 4.71. The molecule has 0 amide bonds. The zero-order valence-corrected chi connectivity index (χ0v) is 10.7. The molecule has 0 aliphatic heterocycles. The quantitative estimate of drug-likeness (QED) is 0.659. The van der Waals surface area contributed by atoms with Crippen LogP contribution in [-0.2, 0) is 0 Å². The van der Waals surface area contributed by atoms with Crippen LogP contribution in [0.5, 0.6) is 0 Å². The third kappa shape index (κ3) is 1.53. The lowest BCUT2D eigenvalue weighted by Gasteiger charge is -2.43. The van der Waals surface area contributed by atoms with Gasteiger partial charge in [0, 0.05) is 11.6 Å². The van der Waals surface area contributed by atoms with Crippen molar-refractivity contribution in [1.29, 1.82) is 0 Å². The molecule has 3 fully saturated rings. The molecule has 3 aliphatic rings. The first-order valence-corrected chi connectivity index (χ1v) is 7.02. The van der Waals surface area contributed by atoms with Crippen molar-refractivity contribution < 1.29 is 0 Å². The molecular weight excluding hydrogens is 196 g/mol. The largest absolute Gasteiger partial charge is 0.327 e. The molecule has 0 radical (unpaired) electrons. The van der Waals surface area contributed by atoms with Crippen LogP contribution < -0.4 is 11.5 Å². The topological polar surface area (TPSA) is 52.0 Å². The van der Waals surface area contributed by atoms with Crippen molar-refractivity contribution in [2.75, 3.05) is 0 Å². The summed E-state index contributed by atoms with van der Waals surface area (Å²) in [6.07, 6.45) is 6.61. The van der Waals surface area contributed by atoms with Gasteiger partial charge in [0.25, 0.3) is 0 Å². The maximum absolute atomic E-state index is 6.55. The molecule has 3 saturated carbocycles. The average molecular weight is 222 g/mol. The van der Waals surface area contributed by atoms with Crippen LogP contribution >= 0.6 is 0 Å². The highest BCUT2D eigenvalue weighted by atomic mass is 14.8. The fraction of sp³-hybridized carbons (Fsp3) is 1.00. The summed E-state index contributed by atoms with van der Waals surface area (Å²) in [7, 11) is 0. The SMILES string of the molecule is CC1CC2CC3CC(CC23)C(C)(N)CC1N. The Hall–Kier alpha value is -0.0800. The van der Waals surface area contributed by atoms with E-state index < -0.39 is 0 Å². The molecule has 16 heavy (non-hydrogen) atoms. The van der Waals surface area contributed by atoms with Crippen molar-refractivity contribution in [3.8, 4) is 0 Å². The van der Waals surface area contributed by atoms with Crippen molar-refractivity contribution in [3.05, 3.63) is 0 Å². The Balaban J connectivity index is 1.86. The van der Waals surface area contributed by atoms with Gasteiger partial charge in [0.2, 0.25) is 0 Å². The summed E-state index contributed by atoms with van der Waals surface area (Å²) < 4.78 is 0. The van der Waals surface area contributed by atoms with Crippen molar-refractivity contribution in [3.63, 3.8) is 0 Å². The van der Waals surface area contributed by atoms with Gasteiger partial charge in [-0.15, -0.1) is 0 Å². The second kappa shape index (κ2) is 3.46. The van der Waals surface area contributed by atoms with Crippen molar-refractivity contribution in [2.45, 2.75) is 57.5 Å². The van der Waals surface area contributed by atoms with Crippen LogP contribution in [0.4, 0.5) is 0 Å². The van der Waals surface area contributed by atoms with Crippen molar-refractivity contribution in [2.24, 2.45) is 41.1 Å². The molecule has 0 aromatic rings. The number of nitrogens with two attached hydrogens (primary N) is 2. The number of rotatable bonds is 0. The summed E-state index contributed by atoms with van der Waals surface area (Å²) >= 11 is 0. The highest BCUT2D eigenvalue weighted by Crippen LogP contribution is 2.58. The molecule has 2 bridgehead atoms. The van der Waals surface area contributed by atoms with Crippen LogP contribution in [0, 0.1) is 29.6 Å². The van der Waals surface area contributed by atoms with Crippen LogP contribution in [0.1, 0.15) is 46.0 Å². The third-order valence-corrected chi connectivity index (χ3v) is 5.97. The maximum atomic E-state index is 6.55. The lowest BCUT2D eigenvalue weighted by molar-refractivity contribution is 0.0752. The molecule has 7 unspecified atom stereocenters. The van der Waals surface area contributed by atoms with Gasteiger partial charge in [-0.1, -0.05) is 6.92 Å². The van der Waals surface area contributed by atoms with E-state index in [0.717, 1.165) is 30.1 Å². The van der Waals surface area contributed by atoms with Gasteiger partial charge in [0.15, 0.2) is 0 Å². The van der Waals surface area contributed by atoms with Gasteiger partial charge in [-0.05, 0) is 68.6 Å². The molecule has 92 valence electrons. The minimum atomic E-state index is -0.0140. The summed E-state index contributed by atoms with van der Waals surface area (Å²) in [6, 6.07) is 0.313. The van der Waals surface area contributed by atoms with E-state index in [1.165, 1.54) is 25.7 Å². The Kier molecular flexibility index (Phi) is 2.38. The molecule has 2 nitrogen and oxygen atoms in total. The normalized spacial score (nSPS) is 60.8. The third-order valence-electron chi connectivity index (χ3n) is 5.97.